The number of ether oxygens (including phenoxy) is 2. The van der Waals surface area contributed by atoms with Crippen LogP contribution in [-0.4, -0.2) is 21.9 Å². The fourth-order valence-electron chi connectivity index (χ4n) is 2.42. The lowest BCUT2D eigenvalue weighted by Gasteiger charge is -2.10. The van der Waals surface area contributed by atoms with E-state index in [9.17, 15) is 13.2 Å². The summed E-state index contributed by atoms with van der Waals surface area (Å²) in [5.41, 5.74) is 0.326. The number of hydrogen-bond donors (Lipinski definition) is 0. The summed E-state index contributed by atoms with van der Waals surface area (Å²) in [6.07, 6.45) is -4.41. The number of hydrogen-bond acceptors (Lipinski definition) is 5. The zero-order valence-corrected chi connectivity index (χ0v) is 16.0. The number of alkyl halides is 3. The Morgan fingerprint density at radius 3 is 2.54 bits per heavy atom. The van der Waals surface area contributed by atoms with Crippen molar-refractivity contribution in [2.24, 2.45) is 7.05 Å². The van der Waals surface area contributed by atoms with Crippen molar-refractivity contribution in [3.8, 4) is 11.5 Å². The Bertz CT molecular complexity index is 944. The molecule has 3 aromatic rings. The number of halogens is 3. The van der Waals surface area contributed by atoms with Crippen LogP contribution in [0.4, 0.5) is 13.2 Å². The van der Waals surface area contributed by atoms with E-state index >= 15 is 0 Å². The summed E-state index contributed by atoms with van der Waals surface area (Å²) >= 11 is 1.50. The molecule has 0 atom stereocenters. The first-order chi connectivity index (χ1) is 13.4. The van der Waals surface area contributed by atoms with E-state index in [1.807, 2.05) is 24.3 Å². The Labute approximate surface area is 164 Å². The van der Waals surface area contributed by atoms with Crippen LogP contribution < -0.4 is 9.47 Å². The van der Waals surface area contributed by atoms with E-state index in [0.29, 0.717) is 16.7 Å². The van der Waals surface area contributed by atoms with Gasteiger partial charge in [0.2, 0.25) is 0 Å². The average Bonchev–Trinajstić information content (AvgIpc) is 3.04. The molecule has 0 bridgehead atoms. The van der Waals surface area contributed by atoms with Crippen LogP contribution in [0.15, 0.2) is 53.7 Å². The maximum absolute atomic E-state index is 12.8. The largest absolute Gasteiger partial charge is 0.497 e. The van der Waals surface area contributed by atoms with Gasteiger partial charge in [0.05, 0.1) is 12.7 Å². The minimum atomic E-state index is -4.41. The summed E-state index contributed by atoms with van der Waals surface area (Å²) in [7, 11) is 3.41. The van der Waals surface area contributed by atoms with Gasteiger partial charge in [0, 0.05) is 12.8 Å². The number of aromatic nitrogens is 3. The smallest absolute Gasteiger partial charge is 0.416 e. The summed E-state index contributed by atoms with van der Waals surface area (Å²) in [4.78, 5) is 0. The van der Waals surface area contributed by atoms with Gasteiger partial charge >= 0.3 is 6.18 Å². The molecule has 0 N–H and O–H groups in total. The summed E-state index contributed by atoms with van der Waals surface area (Å²) in [6, 6.07) is 12.5. The Morgan fingerprint density at radius 2 is 1.79 bits per heavy atom. The molecule has 28 heavy (non-hydrogen) atoms. The Kier molecular flexibility index (Phi) is 6.13. The predicted molar refractivity (Wildman–Crippen MR) is 99.3 cm³/mol. The second kappa shape index (κ2) is 8.55. The highest BCUT2D eigenvalue weighted by atomic mass is 32.2. The van der Waals surface area contributed by atoms with Crippen molar-refractivity contribution in [2.45, 2.75) is 23.7 Å². The number of nitrogens with zero attached hydrogens (tertiary/aromatic N) is 3. The SMILES string of the molecule is COc1cccc(CSc2nnc(COc3cccc(C(F)(F)F)c3)n2C)c1. The van der Waals surface area contributed by atoms with Crippen LogP contribution >= 0.6 is 11.8 Å². The molecule has 1 heterocycles. The molecule has 9 heteroatoms. The molecule has 0 spiro atoms. The third-order valence-electron chi connectivity index (χ3n) is 3.96. The summed E-state index contributed by atoms with van der Waals surface area (Å²) in [6.45, 7) is 0.0184. The highest BCUT2D eigenvalue weighted by molar-refractivity contribution is 7.98. The molecule has 0 amide bonds. The van der Waals surface area contributed by atoms with Gasteiger partial charge in [-0.1, -0.05) is 30.0 Å². The molecule has 0 aliphatic heterocycles. The van der Waals surface area contributed by atoms with Gasteiger partial charge in [-0.2, -0.15) is 13.2 Å². The second-order valence-electron chi connectivity index (χ2n) is 5.91. The van der Waals surface area contributed by atoms with Crippen LogP contribution in [0, 0.1) is 0 Å². The van der Waals surface area contributed by atoms with Crippen LogP contribution in [0.25, 0.3) is 0 Å². The van der Waals surface area contributed by atoms with Crippen molar-refractivity contribution in [1.82, 2.24) is 14.8 Å². The lowest BCUT2D eigenvalue weighted by atomic mass is 10.2. The molecule has 0 saturated heterocycles. The van der Waals surface area contributed by atoms with Gasteiger partial charge in [0.15, 0.2) is 11.0 Å². The van der Waals surface area contributed by atoms with Gasteiger partial charge in [-0.3, -0.25) is 0 Å². The number of thioether (sulfide) groups is 1. The normalized spacial score (nSPS) is 11.5. The van der Waals surface area contributed by atoms with Crippen LogP contribution in [0.3, 0.4) is 0 Å². The second-order valence-corrected chi connectivity index (χ2v) is 6.85. The lowest BCUT2D eigenvalue weighted by molar-refractivity contribution is -0.137. The first-order valence-corrected chi connectivity index (χ1v) is 9.29. The standard InChI is InChI=1S/C19H18F3N3O2S/c1-25-17(11-27-16-8-4-6-14(10-16)19(20,21)22)23-24-18(25)28-12-13-5-3-7-15(9-13)26-2/h3-10H,11-12H2,1-2H3. The summed E-state index contributed by atoms with van der Waals surface area (Å²) in [5, 5.41) is 8.88. The van der Waals surface area contributed by atoms with Crippen LogP contribution in [0.5, 0.6) is 11.5 Å². The third-order valence-corrected chi connectivity index (χ3v) is 5.05. The molecular weight excluding hydrogens is 391 g/mol. The molecule has 3 rings (SSSR count). The van der Waals surface area contributed by atoms with E-state index < -0.39 is 11.7 Å². The highest BCUT2D eigenvalue weighted by Crippen LogP contribution is 2.31. The number of methoxy groups -OCH3 is 1. The molecule has 5 nitrogen and oxygen atoms in total. The van der Waals surface area contributed by atoms with E-state index in [1.165, 1.54) is 23.9 Å². The monoisotopic (exact) mass is 409 g/mol. The lowest BCUT2D eigenvalue weighted by Crippen LogP contribution is -2.07. The first-order valence-electron chi connectivity index (χ1n) is 8.31. The van der Waals surface area contributed by atoms with Crippen LogP contribution in [0.2, 0.25) is 0 Å². The van der Waals surface area contributed by atoms with E-state index in [0.717, 1.165) is 23.4 Å². The Hall–Kier alpha value is -2.68. The molecule has 0 aliphatic rings. The molecule has 0 aliphatic carbocycles. The van der Waals surface area contributed by atoms with Crippen molar-refractivity contribution in [3.05, 3.63) is 65.5 Å². The quantitative estimate of drug-likeness (QED) is 0.529. The molecule has 1 aromatic heterocycles. The maximum Gasteiger partial charge on any atom is 0.416 e. The third kappa shape index (κ3) is 4.98. The van der Waals surface area contributed by atoms with Gasteiger partial charge in [-0.25, -0.2) is 0 Å². The van der Waals surface area contributed by atoms with E-state index in [1.54, 1.807) is 18.7 Å². The van der Waals surface area contributed by atoms with Crippen molar-refractivity contribution < 1.29 is 22.6 Å². The zero-order valence-electron chi connectivity index (χ0n) is 15.2. The van der Waals surface area contributed by atoms with Crippen molar-refractivity contribution >= 4 is 11.8 Å². The predicted octanol–water partition coefficient (Wildman–Crippen LogP) is 4.71. The highest BCUT2D eigenvalue weighted by Gasteiger charge is 2.30. The van der Waals surface area contributed by atoms with E-state index in [4.69, 9.17) is 9.47 Å². The van der Waals surface area contributed by atoms with Gasteiger partial charge in [-0.15, -0.1) is 10.2 Å². The molecular formula is C19H18F3N3O2S. The van der Waals surface area contributed by atoms with Crippen molar-refractivity contribution in [1.29, 1.82) is 0 Å². The van der Waals surface area contributed by atoms with Gasteiger partial charge < -0.3 is 14.0 Å². The fraction of sp³-hybridized carbons (Fsp3) is 0.263. The Balaban J connectivity index is 1.62. The van der Waals surface area contributed by atoms with Crippen molar-refractivity contribution in [2.75, 3.05) is 7.11 Å². The molecule has 0 fully saturated rings. The first kappa shape index (κ1) is 20.1. The van der Waals surface area contributed by atoms with Crippen LogP contribution in [-0.2, 0) is 25.6 Å². The molecule has 0 radical (unpaired) electrons. The van der Waals surface area contributed by atoms with Crippen LogP contribution in [0.1, 0.15) is 17.0 Å². The minimum Gasteiger partial charge on any atom is -0.497 e. The molecule has 0 unspecified atom stereocenters. The van der Waals surface area contributed by atoms with Gasteiger partial charge in [0.25, 0.3) is 0 Å². The van der Waals surface area contributed by atoms with Gasteiger partial charge in [-0.05, 0) is 35.9 Å². The summed E-state index contributed by atoms with van der Waals surface area (Å²) in [5.74, 6) is 2.11. The minimum absolute atomic E-state index is 0.0184. The molecule has 148 valence electrons. The average molecular weight is 409 g/mol. The van der Waals surface area contributed by atoms with Crippen molar-refractivity contribution in [3.63, 3.8) is 0 Å². The molecule has 2 aromatic carbocycles. The topological polar surface area (TPSA) is 49.2 Å². The number of benzene rings is 2. The zero-order chi connectivity index (χ0) is 20.1. The fourth-order valence-corrected chi connectivity index (χ4v) is 3.29. The number of rotatable bonds is 7. The molecule has 0 saturated carbocycles. The maximum atomic E-state index is 12.8. The van der Waals surface area contributed by atoms with E-state index in [2.05, 4.69) is 10.2 Å². The summed E-state index contributed by atoms with van der Waals surface area (Å²) < 4.78 is 50.8. The van der Waals surface area contributed by atoms with E-state index in [-0.39, 0.29) is 12.4 Å². The Morgan fingerprint density at radius 1 is 1.04 bits per heavy atom. The van der Waals surface area contributed by atoms with Gasteiger partial charge in [0.1, 0.15) is 18.1 Å².